The van der Waals surface area contributed by atoms with Gasteiger partial charge in [-0.2, -0.15) is 0 Å². The topological polar surface area (TPSA) is 3.24 Å². The summed E-state index contributed by atoms with van der Waals surface area (Å²) in [5.41, 5.74) is 29.4. The fourth-order valence-electron chi connectivity index (χ4n) is 13.2. The second kappa shape index (κ2) is 14.0. The van der Waals surface area contributed by atoms with Crippen LogP contribution in [0.2, 0.25) is 0 Å². The maximum Gasteiger partial charge on any atom is 0.0731 e. The maximum atomic E-state index is 2.47. The van der Waals surface area contributed by atoms with Gasteiger partial charge < -0.3 is 4.90 Å². The zero-order chi connectivity index (χ0) is 45.5. The van der Waals surface area contributed by atoms with Crippen molar-refractivity contribution < 1.29 is 0 Å². The zero-order valence-electron chi connectivity index (χ0n) is 38.8. The van der Waals surface area contributed by atoms with Crippen LogP contribution in [0.5, 0.6) is 0 Å². The first-order chi connectivity index (χ1) is 33.2. The Morgan fingerprint density at radius 1 is 0.250 bits per heavy atom. The Hall–Kier alpha value is -8.00. The molecule has 322 valence electrons. The highest BCUT2D eigenvalue weighted by atomic mass is 15.1. The number of hydrogen-bond acceptors (Lipinski definition) is 1. The quantitative estimate of drug-likeness (QED) is 0.167. The number of anilines is 3. The molecule has 0 saturated heterocycles. The Morgan fingerprint density at radius 2 is 0.574 bits per heavy atom. The van der Waals surface area contributed by atoms with Crippen LogP contribution in [0.25, 0.3) is 66.8 Å². The van der Waals surface area contributed by atoms with Crippen molar-refractivity contribution in [1.29, 1.82) is 0 Å². The van der Waals surface area contributed by atoms with Gasteiger partial charge in [-0.15, -0.1) is 0 Å². The van der Waals surface area contributed by atoms with Crippen molar-refractivity contribution in [2.45, 2.75) is 43.9 Å². The van der Waals surface area contributed by atoms with E-state index < -0.39 is 5.41 Å². The normalized spacial score (nSPS) is 15.1. The van der Waals surface area contributed by atoms with E-state index in [-0.39, 0.29) is 10.8 Å². The predicted molar refractivity (Wildman–Crippen MR) is 283 cm³/mol. The molecular formula is C67H49N. The number of hydrogen-bond donors (Lipinski definition) is 0. The van der Waals surface area contributed by atoms with Crippen molar-refractivity contribution in [3.8, 4) is 66.8 Å². The molecular weight excluding hydrogens is 819 g/mol. The Morgan fingerprint density at radius 3 is 1.04 bits per heavy atom. The largest absolute Gasteiger partial charge is 0.310 e. The molecule has 68 heavy (non-hydrogen) atoms. The molecule has 1 nitrogen and oxygen atoms in total. The third-order valence-corrected chi connectivity index (χ3v) is 16.3. The van der Waals surface area contributed by atoms with E-state index in [0.29, 0.717) is 0 Å². The SMILES string of the molecule is CC1(C)c2ccccc2-c2ccc(N(c3ccc(-c4ccc(-c5cccc6c5C5(c7ccccc7-c7ccccc75)c5ccccc5-6)cc4)cc3)c3ccc4c(c3)C(C)(C)c3ccccc3-4)cc21. The highest BCUT2D eigenvalue weighted by molar-refractivity contribution is 5.99. The Balaban J connectivity index is 0.863. The van der Waals surface area contributed by atoms with Gasteiger partial charge in [0.25, 0.3) is 0 Å². The summed E-state index contributed by atoms with van der Waals surface area (Å²) in [4.78, 5) is 2.47. The summed E-state index contributed by atoms with van der Waals surface area (Å²) < 4.78 is 0. The lowest BCUT2D eigenvalue weighted by molar-refractivity contribution is 0.660. The summed E-state index contributed by atoms with van der Waals surface area (Å²) in [6.07, 6.45) is 0. The first kappa shape index (κ1) is 39.2. The molecule has 0 bridgehead atoms. The first-order valence-corrected chi connectivity index (χ1v) is 24.2. The molecule has 0 fully saturated rings. The molecule has 1 heteroatoms. The van der Waals surface area contributed by atoms with Gasteiger partial charge in [0.05, 0.1) is 5.41 Å². The Kier molecular flexibility index (Phi) is 8.08. The predicted octanol–water partition coefficient (Wildman–Crippen LogP) is 17.4. The van der Waals surface area contributed by atoms with E-state index in [0.717, 1.165) is 17.1 Å². The van der Waals surface area contributed by atoms with Crippen molar-refractivity contribution in [2.24, 2.45) is 0 Å². The fraction of sp³-hybridized carbons (Fsp3) is 0.104. The van der Waals surface area contributed by atoms with Crippen LogP contribution < -0.4 is 4.90 Å². The van der Waals surface area contributed by atoms with Crippen LogP contribution in [0.1, 0.15) is 72.2 Å². The van der Waals surface area contributed by atoms with E-state index in [4.69, 9.17) is 0 Å². The smallest absolute Gasteiger partial charge is 0.0731 e. The van der Waals surface area contributed by atoms with Gasteiger partial charge in [-0.25, -0.2) is 0 Å². The van der Waals surface area contributed by atoms with E-state index in [9.17, 15) is 0 Å². The molecule has 4 aliphatic rings. The van der Waals surface area contributed by atoms with Gasteiger partial charge in [0.2, 0.25) is 0 Å². The number of rotatable bonds is 5. The molecule has 0 radical (unpaired) electrons. The van der Waals surface area contributed by atoms with E-state index in [1.54, 1.807) is 0 Å². The van der Waals surface area contributed by atoms with Crippen LogP contribution in [0, 0.1) is 0 Å². The minimum atomic E-state index is -0.396. The molecule has 0 saturated carbocycles. The summed E-state index contributed by atoms with van der Waals surface area (Å²) >= 11 is 0. The molecule has 14 rings (SSSR count). The third kappa shape index (κ3) is 5.17. The van der Waals surface area contributed by atoms with Crippen LogP contribution >= 0.6 is 0 Å². The van der Waals surface area contributed by atoms with Crippen molar-refractivity contribution >= 4 is 17.1 Å². The number of fused-ring (bicyclic) bond motifs is 16. The van der Waals surface area contributed by atoms with Gasteiger partial charge in [-0.1, -0.05) is 216 Å². The summed E-state index contributed by atoms with van der Waals surface area (Å²) in [5.74, 6) is 0. The van der Waals surface area contributed by atoms with Gasteiger partial charge in [0, 0.05) is 27.9 Å². The van der Waals surface area contributed by atoms with Crippen LogP contribution in [-0.2, 0) is 16.2 Å². The maximum absolute atomic E-state index is 2.47. The standard InChI is InChI=1S/C67H49N/c1-65(2)57-23-10-5-16-49(57)54-38-36-46(40-62(54)65)68(47-37-39-55-50-17-6-11-24-58(50)66(3,4)63(55)41-47)45-34-32-43(33-35-45)42-28-30-44(31-29-42)48-21-15-22-56-53-20-9-14-27-61(53)67(64(48)56)59-25-12-7-18-51(59)52-19-8-13-26-60(52)67/h5-41H,1-4H3. The molecule has 1 spiro atoms. The Bertz CT molecular complexity index is 3560. The van der Waals surface area contributed by atoms with Crippen LogP contribution in [0.4, 0.5) is 17.1 Å². The van der Waals surface area contributed by atoms with E-state index in [1.165, 1.54) is 111 Å². The highest BCUT2D eigenvalue weighted by Crippen LogP contribution is 2.64. The van der Waals surface area contributed by atoms with Crippen molar-refractivity contribution in [1.82, 2.24) is 0 Å². The summed E-state index contributed by atoms with van der Waals surface area (Å²) in [7, 11) is 0. The van der Waals surface area contributed by atoms with E-state index >= 15 is 0 Å². The molecule has 0 unspecified atom stereocenters. The minimum absolute atomic E-state index is 0.109. The lowest BCUT2D eigenvalue weighted by Crippen LogP contribution is -2.26. The molecule has 0 aliphatic heterocycles. The molecule has 10 aromatic carbocycles. The third-order valence-electron chi connectivity index (χ3n) is 16.3. The van der Waals surface area contributed by atoms with E-state index in [1.807, 2.05) is 0 Å². The van der Waals surface area contributed by atoms with E-state index in [2.05, 4.69) is 257 Å². The lowest BCUT2D eigenvalue weighted by Gasteiger charge is -2.32. The van der Waals surface area contributed by atoms with Crippen LogP contribution in [0.3, 0.4) is 0 Å². The van der Waals surface area contributed by atoms with Crippen LogP contribution in [0.15, 0.2) is 224 Å². The molecule has 0 amide bonds. The average Bonchev–Trinajstić information content (AvgIpc) is 4.02. The molecule has 4 aliphatic carbocycles. The highest BCUT2D eigenvalue weighted by Gasteiger charge is 2.52. The van der Waals surface area contributed by atoms with Crippen LogP contribution in [-0.4, -0.2) is 0 Å². The lowest BCUT2D eigenvalue weighted by atomic mass is 9.68. The zero-order valence-corrected chi connectivity index (χ0v) is 38.8. The van der Waals surface area contributed by atoms with Gasteiger partial charge in [-0.3, -0.25) is 0 Å². The number of benzene rings is 10. The van der Waals surface area contributed by atoms with Gasteiger partial charge in [0.1, 0.15) is 0 Å². The van der Waals surface area contributed by atoms with Crippen molar-refractivity contribution in [3.05, 3.63) is 269 Å². The Labute approximate surface area is 399 Å². The average molecular weight is 868 g/mol. The summed E-state index contributed by atoms with van der Waals surface area (Å²) in [6, 6.07) is 84.7. The molecule has 10 aromatic rings. The molecule has 0 atom stereocenters. The van der Waals surface area contributed by atoms with Crippen molar-refractivity contribution in [3.63, 3.8) is 0 Å². The van der Waals surface area contributed by atoms with Gasteiger partial charge in [-0.05, 0) is 148 Å². The van der Waals surface area contributed by atoms with Crippen molar-refractivity contribution in [2.75, 3.05) is 4.90 Å². The fourth-order valence-corrected chi connectivity index (χ4v) is 13.2. The molecule has 0 heterocycles. The molecule has 0 N–H and O–H groups in total. The minimum Gasteiger partial charge on any atom is -0.310 e. The summed E-state index contributed by atoms with van der Waals surface area (Å²) in [6.45, 7) is 9.48. The van der Waals surface area contributed by atoms with Gasteiger partial charge in [0.15, 0.2) is 0 Å². The number of nitrogens with zero attached hydrogens (tertiary/aromatic N) is 1. The molecule has 0 aromatic heterocycles. The van der Waals surface area contributed by atoms with Gasteiger partial charge >= 0.3 is 0 Å². The monoisotopic (exact) mass is 867 g/mol. The second-order valence-electron chi connectivity index (χ2n) is 20.4. The summed E-state index contributed by atoms with van der Waals surface area (Å²) in [5, 5.41) is 0. The first-order valence-electron chi connectivity index (χ1n) is 24.2. The second-order valence-corrected chi connectivity index (χ2v) is 20.4.